The number of halogens is 1. The summed E-state index contributed by atoms with van der Waals surface area (Å²) in [6.45, 7) is 4.84. The molecule has 0 aliphatic carbocycles. The molecule has 19 heavy (non-hydrogen) atoms. The van der Waals surface area contributed by atoms with Gasteiger partial charge in [0.05, 0.1) is 21.8 Å². The fraction of sp³-hybridized carbons (Fsp3) is 0.455. The van der Waals surface area contributed by atoms with Crippen LogP contribution in [0.1, 0.15) is 10.7 Å². The Labute approximate surface area is 144 Å². The Morgan fingerprint density at radius 2 is 2.00 bits per heavy atom. The Kier molecular flexibility index (Phi) is 6.96. The number of rotatable bonds is 1. The average molecular weight is 373 g/mol. The maximum atomic E-state index is 11.4. The van der Waals surface area contributed by atoms with Crippen molar-refractivity contribution in [2.75, 3.05) is 13.1 Å². The molecule has 0 bridgehead atoms. The molecule has 1 saturated heterocycles. The largest absolute Gasteiger partial charge is 0.658 e. The van der Waals surface area contributed by atoms with E-state index in [9.17, 15) is 4.39 Å². The molecular formula is C11H13FN4S2Y-2. The van der Waals surface area contributed by atoms with Gasteiger partial charge in [-0.25, -0.2) is 4.98 Å². The van der Waals surface area contributed by atoms with E-state index in [-0.39, 0.29) is 32.7 Å². The van der Waals surface area contributed by atoms with Crippen LogP contribution in [0.15, 0.2) is 5.38 Å². The number of nitrogens with zero attached hydrogens (tertiary/aromatic N) is 3. The number of aromatic nitrogens is 2. The summed E-state index contributed by atoms with van der Waals surface area (Å²) in [5, 5.41) is 6.94. The first-order chi connectivity index (χ1) is 8.56. The molecule has 0 spiro atoms. The van der Waals surface area contributed by atoms with Crippen molar-refractivity contribution in [2.45, 2.75) is 20.0 Å². The summed E-state index contributed by atoms with van der Waals surface area (Å²) in [5.41, 5.74) is 9.23. The molecule has 1 aliphatic heterocycles. The normalized spacial score (nSPS) is 14.1. The van der Waals surface area contributed by atoms with Crippen LogP contribution in [0.25, 0.3) is 21.6 Å². The summed E-state index contributed by atoms with van der Waals surface area (Å²) in [4.78, 5) is 9.52. The van der Waals surface area contributed by atoms with Gasteiger partial charge in [-0.1, -0.05) is 0 Å². The molecule has 1 aliphatic rings. The zero-order valence-electron chi connectivity index (χ0n) is 10.7. The first kappa shape index (κ1) is 17.1. The quantitative estimate of drug-likeness (QED) is 0.749. The Morgan fingerprint density at radius 3 is 2.32 bits per heavy atom. The van der Waals surface area contributed by atoms with E-state index >= 15 is 0 Å². The molecule has 3 rings (SSSR count). The summed E-state index contributed by atoms with van der Waals surface area (Å²) in [6, 6.07) is 0. The summed E-state index contributed by atoms with van der Waals surface area (Å²) >= 11 is 2.98. The number of nitrogens with one attached hydrogen (secondary N) is 1. The predicted octanol–water partition coefficient (Wildman–Crippen LogP) is 4.28. The molecular weight excluding hydrogens is 360 g/mol. The number of thiazole rings is 2. The molecule has 0 atom stereocenters. The third kappa shape index (κ3) is 4.83. The first-order valence-electron chi connectivity index (χ1n) is 5.45. The zero-order chi connectivity index (χ0) is 13.1. The maximum absolute atomic E-state index is 11.4. The number of hydrogen-bond donors (Lipinski definition) is 0. The van der Waals surface area contributed by atoms with Crippen LogP contribution in [-0.2, 0) is 32.7 Å². The molecule has 8 heteroatoms. The third-order valence-electron chi connectivity index (χ3n) is 2.29. The monoisotopic (exact) mass is 373 g/mol. The van der Waals surface area contributed by atoms with Crippen LogP contribution >= 0.6 is 22.7 Å². The Bertz CT molecular complexity index is 524. The van der Waals surface area contributed by atoms with Gasteiger partial charge in [0.15, 0.2) is 0 Å². The van der Waals surface area contributed by atoms with Gasteiger partial charge in [0.25, 0.3) is 0 Å². The van der Waals surface area contributed by atoms with Gasteiger partial charge in [-0.3, -0.25) is 4.39 Å². The van der Waals surface area contributed by atoms with Crippen molar-refractivity contribution in [1.29, 1.82) is 0 Å². The van der Waals surface area contributed by atoms with E-state index in [1.54, 1.807) is 11.3 Å². The molecule has 101 valence electrons. The van der Waals surface area contributed by atoms with Crippen molar-refractivity contribution in [3.8, 4) is 10.6 Å². The summed E-state index contributed by atoms with van der Waals surface area (Å²) < 4.78 is 11.4. The topological polar surface area (TPSA) is 63.7 Å². The smallest absolute Gasteiger partial charge is 0.0903 e. The van der Waals surface area contributed by atoms with Crippen LogP contribution in [0, 0.1) is 13.8 Å². The predicted molar refractivity (Wildman–Crippen MR) is 74.7 cm³/mol. The second kappa shape index (κ2) is 7.74. The maximum Gasteiger partial charge on any atom is 0.0903 e. The minimum absolute atomic E-state index is 0. The molecule has 1 fully saturated rings. The minimum Gasteiger partial charge on any atom is -0.658 e. The third-order valence-corrected chi connectivity index (χ3v) is 4.05. The fourth-order valence-corrected chi connectivity index (χ4v) is 2.87. The van der Waals surface area contributed by atoms with E-state index in [1.807, 2.05) is 19.2 Å². The Hall–Kier alpha value is 0.0539. The van der Waals surface area contributed by atoms with Crippen molar-refractivity contribution in [3.05, 3.63) is 27.1 Å². The minimum atomic E-state index is -0.602. The van der Waals surface area contributed by atoms with Gasteiger partial charge < -0.3 is 16.0 Å². The van der Waals surface area contributed by atoms with Crippen LogP contribution in [0.5, 0.6) is 0 Å². The van der Waals surface area contributed by atoms with E-state index in [4.69, 9.17) is 5.73 Å². The molecule has 0 amide bonds. The molecule has 1 N–H and O–H groups in total. The molecule has 0 aromatic carbocycles. The molecule has 0 unspecified atom stereocenters. The fourth-order valence-electron chi connectivity index (χ4n) is 1.37. The Morgan fingerprint density at radius 1 is 1.37 bits per heavy atom. The van der Waals surface area contributed by atoms with Crippen LogP contribution in [-0.4, -0.2) is 29.2 Å². The average Bonchev–Trinajstić information content (AvgIpc) is 2.83. The van der Waals surface area contributed by atoms with Crippen LogP contribution in [0.4, 0.5) is 9.52 Å². The second-order valence-corrected chi connectivity index (χ2v) is 5.93. The summed E-state index contributed by atoms with van der Waals surface area (Å²) in [6.07, 6.45) is -0.602. The van der Waals surface area contributed by atoms with Crippen LogP contribution in [0.2, 0.25) is 0 Å². The van der Waals surface area contributed by atoms with Gasteiger partial charge in [0.2, 0.25) is 0 Å². The van der Waals surface area contributed by atoms with Gasteiger partial charge in [-0.2, -0.15) is 11.3 Å². The zero-order valence-corrected chi connectivity index (χ0v) is 15.2. The second-order valence-electron chi connectivity index (χ2n) is 3.87. The molecule has 1 radical (unpaired) electrons. The molecule has 3 heterocycles. The van der Waals surface area contributed by atoms with E-state index in [1.165, 1.54) is 11.3 Å². The van der Waals surface area contributed by atoms with Crippen LogP contribution < -0.4 is 0 Å². The van der Waals surface area contributed by atoms with Gasteiger partial charge in [-0.15, -0.1) is 24.4 Å². The van der Waals surface area contributed by atoms with Crippen LogP contribution in [0.3, 0.4) is 0 Å². The van der Waals surface area contributed by atoms with Crippen molar-refractivity contribution in [3.63, 3.8) is 0 Å². The van der Waals surface area contributed by atoms with Gasteiger partial charge >= 0.3 is 0 Å². The Balaban J connectivity index is 0.000000256. The molecule has 0 saturated carbocycles. The summed E-state index contributed by atoms with van der Waals surface area (Å²) in [5.74, 6) is 0. The first-order valence-corrected chi connectivity index (χ1v) is 7.14. The standard InChI is InChI=1S/C8H8N3S2.C3H5FN.Y/c1-4-7(13-5(2)10-4)6-3-12-8(9)11-6;4-3-1-5-2-3;/h3H,1-2H3,(H-,9,11);3H,1-2H2;/q2*-1;. The number of alkyl halides is 1. The number of aryl methyl sites for hydroxylation is 2. The molecule has 4 nitrogen and oxygen atoms in total. The van der Waals surface area contributed by atoms with Crippen molar-refractivity contribution in [2.24, 2.45) is 0 Å². The molecule has 2 aromatic heterocycles. The van der Waals surface area contributed by atoms with Crippen molar-refractivity contribution >= 4 is 27.8 Å². The van der Waals surface area contributed by atoms with Crippen molar-refractivity contribution in [1.82, 2.24) is 9.97 Å². The van der Waals surface area contributed by atoms with Gasteiger partial charge in [0, 0.05) is 32.7 Å². The van der Waals surface area contributed by atoms with E-state index < -0.39 is 6.17 Å². The van der Waals surface area contributed by atoms with E-state index in [0.29, 0.717) is 18.2 Å². The van der Waals surface area contributed by atoms with Crippen molar-refractivity contribution < 1.29 is 37.1 Å². The molecule has 2 aromatic rings. The van der Waals surface area contributed by atoms with Gasteiger partial charge in [0.1, 0.15) is 0 Å². The number of hydrogen-bond acceptors (Lipinski definition) is 4. The summed E-state index contributed by atoms with van der Waals surface area (Å²) in [7, 11) is 0. The SMILES string of the molecule is Cc1nc(C)c(-c2csc([NH-])n2)s1.FC1C[N-]C1.[Y]. The van der Waals surface area contributed by atoms with Gasteiger partial charge in [-0.05, 0) is 30.1 Å². The van der Waals surface area contributed by atoms with E-state index in [2.05, 4.69) is 15.3 Å². The van der Waals surface area contributed by atoms with E-state index in [0.717, 1.165) is 21.3 Å².